The number of carboxylic acid groups (broad SMARTS) is 1. The van der Waals surface area contributed by atoms with E-state index in [0.717, 1.165) is 6.42 Å². The fourth-order valence-electron chi connectivity index (χ4n) is 1.18. The number of hydrogen-bond acceptors (Lipinski definition) is 2. The molecule has 0 heterocycles. The zero-order valence-corrected chi connectivity index (χ0v) is 11.5. The molecule has 5 heteroatoms. The summed E-state index contributed by atoms with van der Waals surface area (Å²) in [5.41, 5.74) is 0.147. The van der Waals surface area contributed by atoms with Gasteiger partial charge in [-0.2, -0.15) is 0 Å². The summed E-state index contributed by atoms with van der Waals surface area (Å²) in [6, 6.07) is 4.78. The van der Waals surface area contributed by atoms with Crippen LogP contribution in [0.4, 0.5) is 0 Å². The van der Waals surface area contributed by atoms with Gasteiger partial charge in [0.1, 0.15) is 0 Å². The number of hydrogen-bond donors (Lipinski definition) is 1. The summed E-state index contributed by atoms with van der Waals surface area (Å²) < 4.78 is 12.5. The monoisotopic (exact) mass is 304 g/mol. The van der Waals surface area contributed by atoms with Crippen molar-refractivity contribution in [1.82, 2.24) is 0 Å². The van der Waals surface area contributed by atoms with Crippen molar-refractivity contribution >= 4 is 32.7 Å². The number of benzene rings is 1. The van der Waals surface area contributed by atoms with E-state index in [1.165, 1.54) is 6.07 Å². The third-order valence-corrected chi connectivity index (χ3v) is 4.82. The van der Waals surface area contributed by atoms with E-state index in [4.69, 9.17) is 5.11 Å². The Morgan fingerprint density at radius 2 is 2.19 bits per heavy atom. The van der Waals surface area contributed by atoms with Crippen molar-refractivity contribution in [2.45, 2.75) is 30.4 Å². The number of halogens is 1. The highest BCUT2D eigenvalue weighted by atomic mass is 79.9. The molecule has 2 atom stereocenters. The molecule has 0 radical (unpaired) electrons. The maximum absolute atomic E-state index is 12.0. The number of carboxylic acids is 1. The molecule has 0 saturated heterocycles. The second-order valence-corrected chi connectivity index (χ2v) is 6.19. The molecule has 1 aromatic carbocycles. The molecule has 0 bridgehead atoms. The van der Waals surface area contributed by atoms with Crippen molar-refractivity contribution in [3.05, 3.63) is 28.2 Å². The van der Waals surface area contributed by atoms with E-state index in [-0.39, 0.29) is 10.8 Å². The Morgan fingerprint density at radius 3 is 2.69 bits per heavy atom. The van der Waals surface area contributed by atoms with Crippen LogP contribution in [0.1, 0.15) is 30.6 Å². The van der Waals surface area contributed by atoms with Gasteiger partial charge in [-0.15, -0.1) is 0 Å². The van der Waals surface area contributed by atoms with Gasteiger partial charge in [0.05, 0.1) is 16.4 Å². The Morgan fingerprint density at radius 1 is 1.56 bits per heavy atom. The van der Waals surface area contributed by atoms with Crippen LogP contribution in [0.2, 0.25) is 0 Å². The molecule has 0 aliphatic carbocycles. The lowest BCUT2D eigenvalue weighted by molar-refractivity contribution is 0.0695. The molecule has 0 amide bonds. The van der Waals surface area contributed by atoms with Crippen molar-refractivity contribution in [1.29, 1.82) is 0 Å². The standard InChI is InChI=1S/C11H13BrO3S/c1-3-7(2)16(15)8-4-5-10(12)9(6-8)11(13)14/h4-7H,3H2,1-2H3,(H,13,14). The van der Waals surface area contributed by atoms with Crippen molar-refractivity contribution in [3.63, 3.8) is 0 Å². The first-order valence-corrected chi connectivity index (χ1v) is 6.91. The summed E-state index contributed by atoms with van der Waals surface area (Å²) >= 11 is 3.15. The molecule has 0 aliphatic heterocycles. The van der Waals surface area contributed by atoms with E-state index in [0.29, 0.717) is 9.37 Å². The highest BCUT2D eigenvalue weighted by Gasteiger charge is 2.15. The van der Waals surface area contributed by atoms with Gasteiger partial charge in [-0.1, -0.05) is 13.8 Å². The molecule has 0 spiro atoms. The van der Waals surface area contributed by atoms with Crippen LogP contribution in [0.3, 0.4) is 0 Å². The minimum absolute atomic E-state index is 0.0304. The Balaban J connectivity index is 3.13. The number of rotatable bonds is 4. The van der Waals surface area contributed by atoms with Gasteiger partial charge in [-0.3, -0.25) is 4.21 Å². The van der Waals surface area contributed by atoms with Crippen molar-refractivity contribution in [2.75, 3.05) is 0 Å². The fraction of sp³-hybridized carbons (Fsp3) is 0.364. The molecule has 16 heavy (non-hydrogen) atoms. The SMILES string of the molecule is CCC(C)S(=O)c1ccc(Br)c(C(=O)O)c1. The van der Waals surface area contributed by atoms with Gasteiger partial charge in [-0.05, 0) is 40.5 Å². The van der Waals surface area contributed by atoms with Gasteiger partial charge < -0.3 is 5.11 Å². The fourth-order valence-corrected chi connectivity index (χ4v) is 2.80. The predicted octanol–water partition coefficient (Wildman–Crippen LogP) is 3.05. The first kappa shape index (κ1) is 13.4. The average molecular weight is 305 g/mol. The van der Waals surface area contributed by atoms with Gasteiger partial charge in [-0.25, -0.2) is 4.79 Å². The van der Waals surface area contributed by atoms with Crippen molar-refractivity contribution in [3.8, 4) is 0 Å². The minimum atomic E-state index is -1.15. The Kier molecular flexibility index (Phi) is 4.68. The smallest absolute Gasteiger partial charge is 0.336 e. The van der Waals surface area contributed by atoms with E-state index < -0.39 is 16.8 Å². The van der Waals surface area contributed by atoms with Crippen LogP contribution >= 0.6 is 15.9 Å². The van der Waals surface area contributed by atoms with Crippen LogP contribution in [-0.4, -0.2) is 20.5 Å². The van der Waals surface area contributed by atoms with Gasteiger partial charge >= 0.3 is 5.97 Å². The van der Waals surface area contributed by atoms with Crippen LogP contribution < -0.4 is 0 Å². The molecule has 0 fully saturated rings. The molecule has 0 saturated carbocycles. The molecule has 0 aliphatic rings. The quantitative estimate of drug-likeness (QED) is 0.930. The van der Waals surface area contributed by atoms with Gasteiger partial charge in [0.2, 0.25) is 0 Å². The van der Waals surface area contributed by atoms with E-state index in [1.54, 1.807) is 12.1 Å². The third kappa shape index (κ3) is 2.92. The lowest BCUT2D eigenvalue weighted by Gasteiger charge is -2.09. The third-order valence-electron chi connectivity index (χ3n) is 2.34. The molecule has 2 unspecified atom stereocenters. The Labute approximate surface area is 105 Å². The zero-order valence-electron chi connectivity index (χ0n) is 9.07. The molecule has 88 valence electrons. The van der Waals surface area contributed by atoms with Crippen molar-refractivity contribution in [2.24, 2.45) is 0 Å². The zero-order chi connectivity index (χ0) is 12.3. The van der Waals surface area contributed by atoms with Gasteiger partial charge in [0.15, 0.2) is 0 Å². The summed E-state index contributed by atoms with van der Waals surface area (Å²) in [6.07, 6.45) is 0.797. The Hall–Kier alpha value is -0.680. The van der Waals surface area contributed by atoms with Crippen LogP contribution in [0.15, 0.2) is 27.6 Å². The second-order valence-electron chi connectivity index (χ2n) is 3.46. The van der Waals surface area contributed by atoms with Crippen LogP contribution in [0.25, 0.3) is 0 Å². The van der Waals surface area contributed by atoms with Gasteiger partial charge in [0, 0.05) is 14.6 Å². The summed E-state index contributed by atoms with van der Waals surface area (Å²) in [6.45, 7) is 3.85. The maximum Gasteiger partial charge on any atom is 0.336 e. The first-order chi connectivity index (χ1) is 7.47. The Bertz CT molecular complexity index is 431. The minimum Gasteiger partial charge on any atom is -0.478 e. The molecule has 1 rings (SSSR count). The molecule has 1 aromatic rings. The maximum atomic E-state index is 12.0. The lowest BCUT2D eigenvalue weighted by atomic mass is 10.2. The molecule has 0 aromatic heterocycles. The highest BCUT2D eigenvalue weighted by molar-refractivity contribution is 9.10. The summed E-state index contributed by atoms with van der Waals surface area (Å²) in [5.74, 6) is -1.02. The number of carbonyl (C=O) groups is 1. The van der Waals surface area contributed by atoms with E-state index >= 15 is 0 Å². The first-order valence-electron chi connectivity index (χ1n) is 4.90. The summed E-state index contributed by atoms with van der Waals surface area (Å²) in [7, 11) is -1.15. The molecular weight excluding hydrogens is 292 g/mol. The molecule has 3 nitrogen and oxygen atoms in total. The predicted molar refractivity (Wildman–Crippen MR) is 67.3 cm³/mol. The second kappa shape index (κ2) is 5.59. The van der Waals surface area contributed by atoms with Crippen molar-refractivity contribution < 1.29 is 14.1 Å². The largest absolute Gasteiger partial charge is 0.478 e. The molecular formula is C11H13BrO3S. The summed E-state index contributed by atoms with van der Waals surface area (Å²) in [4.78, 5) is 11.5. The summed E-state index contributed by atoms with van der Waals surface area (Å²) in [5, 5.41) is 8.97. The number of aromatic carboxylic acids is 1. The normalized spacial score (nSPS) is 14.4. The van der Waals surface area contributed by atoms with E-state index in [1.807, 2.05) is 13.8 Å². The van der Waals surface area contributed by atoms with Crippen LogP contribution in [0.5, 0.6) is 0 Å². The van der Waals surface area contributed by atoms with Crippen LogP contribution in [0, 0.1) is 0 Å². The highest BCUT2D eigenvalue weighted by Crippen LogP contribution is 2.22. The van der Waals surface area contributed by atoms with E-state index in [9.17, 15) is 9.00 Å². The van der Waals surface area contributed by atoms with Crippen LogP contribution in [-0.2, 0) is 10.8 Å². The average Bonchev–Trinajstić information content (AvgIpc) is 2.27. The topological polar surface area (TPSA) is 54.4 Å². The van der Waals surface area contributed by atoms with Gasteiger partial charge in [0.25, 0.3) is 0 Å². The van der Waals surface area contributed by atoms with E-state index in [2.05, 4.69) is 15.9 Å². The molecule has 1 N–H and O–H groups in total. The lowest BCUT2D eigenvalue weighted by Crippen LogP contribution is -2.10.